The van der Waals surface area contributed by atoms with E-state index >= 15 is 0 Å². The fourth-order valence-corrected chi connectivity index (χ4v) is 3.56. The summed E-state index contributed by atoms with van der Waals surface area (Å²) < 4.78 is 0. The SMILES string of the molecule is Bc1ccc(-c2csc(NC(=O)c3cccc(Cl)c3)c2C(=O)O)cc1. The van der Waals surface area contributed by atoms with Crippen molar-refractivity contribution in [3.8, 4) is 11.1 Å². The van der Waals surface area contributed by atoms with Crippen molar-refractivity contribution in [3.05, 3.63) is 70.1 Å². The van der Waals surface area contributed by atoms with Crippen LogP contribution in [-0.4, -0.2) is 24.8 Å². The third-order valence-corrected chi connectivity index (χ3v) is 4.81. The second kappa shape index (κ2) is 7.13. The molecule has 1 amide bonds. The largest absolute Gasteiger partial charge is 0.478 e. The van der Waals surface area contributed by atoms with E-state index in [9.17, 15) is 14.7 Å². The van der Waals surface area contributed by atoms with Crippen molar-refractivity contribution in [2.45, 2.75) is 0 Å². The average Bonchev–Trinajstić information content (AvgIpc) is 2.99. The molecule has 3 rings (SSSR count). The van der Waals surface area contributed by atoms with Gasteiger partial charge in [-0.2, -0.15) is 0 Å². The quantitative estimate of drug-likeness (QED) is 0.694. The number of hydrogen-bond donors (Lipinski definition) is 2. The van der Waals surface area contributed by atoms with Crippen LogP contribution in [0, 0.1) is 0 Å². The van der Waals surface area contributed by atoms with Gasteiger partial charge >= 0.3 is 5.97 Å². The monoisotopic (exact) mass is 369 g/mol. The number of nitrogens with one attached hydrogen (secondary N) is 1. The number of thiophene rings is 1. The number of carbonyl (C=O) groups excluding carboxylic acids is 1. The number of hydrogen-bond acceptors (Lipinski definition) is 3. The van der Waals surface area contributed by atoms with Gasteiger partial charge in [0.1, 0.15) is 18.4 Å². The topological polar surface area (TPSA) is 66.4 Å². The second-order valence-electron chi connectivity index (χ2n) is 5.49. The maximum Gasteiger partial charge on any atom is 0.339 e. The standard InChI is InChI=1S/C18H13BClNO3S/c19-12-6-4-10(5-7-12)14-9-25-17(15(14)18(23)24)21-16(22)11-2-1-3-13(20)8-11/h1-9H,19H2,(H,21,22)(H,23,24). The number of carbonyl (C=O) groups is 2. The van der Waals surface area contributed by atoms with E-state index in [1.54, 1.807) is 23.6 Å². The number of rotatable bonds is 4. The van der Waals surface area contributed by atoms with Crippen LogP contribution in [0.4, 0.5) is 5.00 Å². The van der Waals surface area contributed by atoms with Crippen molar-refractivity contribution in [3.63, 3.8) is 0 Å². The second-order valence-corrected chi connectivity index (χ2v) is 6.81. The van der Waals surface area contributed by atoms with Crippen LogP contribution in [0.5, 0.6) is 0 Å². The molecule has 25 heavy (non-hydrogen) atoms. The highest BCUT2D eigenvalue weighted by atomic mass is 35.5. The summed E-state index contributed by atoms with van der Waals surface area (Å²) in [6, 6.07) is 14.1. The highest BCUT2D eigenvalue weighted by molar-refractivity contribution is 7.15. The van der Waals surface area contributed by atoms with Crippen LogP contribution in [0.3, 0.4) is 0 Å². The lowest BCUT2D eigenvalue weighted by Crippen LogP contribution is -2.13. The van der Waals surface area contributed by atoms with Gasteiger partial charge in [0.25, 0.3) is 5.91 Å². The van der Waals surface area contributed by atoms with Gasteiger partial charge in [-0.3, -0.25) is 4.79 Å². The van der Waals surface area contributed by atoms with Crippen molar-refractivity contribution in [2.75, 3.05) is 5.32 Å². The van der Waals surface area contributed by atoms with Gasteiger partial charge in [0, 0.05) is 21.5 Å². The Morgan fingerprint density at radius 2 is 1.84 bits per heavy atom. The predicted octanol–water partition coefficient (Wildman–Crippen LogP) is 3.28. The molecule has 2 aromatic carbocycles. The molecule has 7 heteroatoms. The normalized spacial score (nSPS) is 10.4. The van der Waals surface area contributed by atoms with Crippen LogP contribution in [0.1, 0.15) is 20.7 Å². The van der Waals surface area contributed by atoms with Crippen LogP contribution in [0.2, 0.25) is 5.02 Å². The van der Waals surface area contributed by atoms with E-state index in [1.165, 1.54) is 17.4 Å². The Hall–Kier alpha value is -2.57. The summed E-state index contributed by atoms with van der Waals surface area (Å²) in [5.74, 6) is -1.49. The highest BCUT2D eigenvalue weighted by Crippen LogP contribution is 2.35. The van der Waals surface area contributed by atoms with E-state index < -0.39 is 11.9 Å². The highest BCUT2D eigenvalue weighted by Gasteiger charge is 2.21. The van der Waals surface area contributed by atoms with Crippen LogP contribution in [0.15, 0.2) is 53.9 Å². The molecule has 0 unspecified atom stereocenters. The number of carboxylic acid groups (broad SMARTS) is 1. The fraction of sp³-hybridized carbons (Fsp3) is 0. The van der Waals surface area contributed by atoms with Gasteiger partial charge in [0.05, 0.1) is 0 Å². The van der Waals surface area contributed by atoms with Crippen molar-refractivity contribution in [2.24, 2.45) is 0 Å². The molecule has 1 heterocycles. The average molecular weight is 370 g/mol. The van der Waals surface area contributed by atoms with E-state index in [2.05, 4.69) is 5.32 Å². The van der Waals surface area contributed by atoms with Gasteiger partial charge in [-0.15, -0.1) is 11.3 Å². The molecule has 3 aromatic rings. The van der Waals surface area contributed by atoms with Crippen LogP contribution in [-0.2, 0) is 0 Å². The summed E-state index contributed by atoms with van der Waals surface area (Å²) >= 11 is 7.08. The Labute approximate surface area is 154 Å². The molecule has 0 aliphatic heterocycles. The smallest absolute Gasteiger partial charge is 0.339 e. The van der Waals surface area contributed by atoms with Gasteiger partial charge in [-0.25, -0.2) is 4.79 Å². The minimum Gasteiger partial charge on any atom is -0.478 e. The first-order chi connectivity index (χ1) is 12.0. The first-order valence-corrected chi connectivity index (χ1v) is 8.70. The molecule has 1 aromatic heterocycles. The van der Waals surface area contributed by atoms with Gasteiger partial charge in [0.2, 0.25) is 0 Å². The van der Waals surface area contributed by atoms with E-state index in [4.69, 9.17) is 11.6 Å². The molecule has 0 aliphatic rings. The number of halogens is 1. The van der Waals surface area contributed by atoms with Crippen LogP contribution in [0.25, 0.3) is 11.1 Å². The Morgan fingerprint density at radius 3 is 2.48 bits per heavy atom. The zero-order valence-corrected chi connectivity index (χ0v) is 14.8. The first-order valence-electron chi connectivity index (χ1n) is 7.44. The Bertz CT molecular complexity index is 953. The molecule has 124 valence electrons. The lowest BCUT2D eigenvalue weighted by atomic mass is 9.93. The summed E-state index contributed by atoms with van der Waals surface area (Å²) in [6.07, 6.45) is 0. The Morgan fingerprint density at radius 1 is 1.12 bits per heavy atom. The molecule has 0 saturated carbocycles. The molecular weight excluding hydrogens is 357 g/mol. The maximum atomic E-state index is 12.4. The van der Waals surface area contributed by atoms with Gasteiger partial charge in [-0.1, -0.05) is 47.4 Å². The molecule has 0 fully saturated rings. The minimum atomic E-state index is -1.08. The minimum absolute atomic E-state index is 0.0873. The summed E-state index contributed by atoms with van der Waals surface area (Å²) in [5, 5.41) is 14.8. The van der Waals surface area contributed by atoms with Crippen molar-refractivity contribution >= 4 is 53.1 Å². The third kappa shape index (κ3) is 3.75. The maximum absolute atomic E-state index is 12.4. The number of benzene rings is 2. The number of carboxylic acids is 1. The summed E-state index contributed by atoms with van der Waals surface area (Å²) in [5.41, 5.74) is 2.92. The lowest BCUT2D eigenvalue weighted by Gasteiger charge is -2.07. The van der Waals surface area contributed by atoms with E-state index in [0.29, 0.717) is 21.2 Å². The van der Waals surface area contributed by atoms with Gasteiger partial charge in [-0.05, 0) is 23.8 Å². The van der Waals surface area contributed by atoms with Gasteiger partial charge in [0.15, 0.2) is 0 Å². The van der Waals surface area contributed by atoms with Gasteiger partial charge < -0.3 is 10.4 Å². The molecule has 0 aliphatic carbocycles. The molecule has 4 nitrogen and oxygen atoms in total. The van der Waals surface area contributed by atoms with E-state index in [0.717, 1.165) is 11.0 Å². The molecule has 0 saturated heterocycles. The Balaban J connectivity index is 1.96. The summed E-state index contributed by atoms with van der Waals surface area (Å²) in [6.45, 7) is 0. The van der Waals surface area contributed by atoms with E-state index in [-0.39, 0.29) is 5.56 Å². The first kappa shape index (κ1) is 17.3. The summed E-state index contributed by atoms with van der Waals surface area (Å²) in [7, 11) is 1.96. The van der Waals surface area contributed by atoms with Crippen LogP contribution >= 0.6 is 22.9 Å². The summed E-state index contributed by atoms with van der Waals surface area (Å²) in [4.78, 5) is 24.1. The predicted molar refractivity (Wildman–Crippen MR) is 104 cm³/mol. The lowest BCUT2D eigenvalue weighted by molar-refractivity contribution is 0.0699. The molecule has 0 radical (unpaired) electrons. The molecule has 2 N–H and O–H groups in total. The van der Waals surface area contributed by atoms with Crippen LogP contribution < -0.4 is 10.8 Å². The third-order valence-electron chi connectivity index (χ3n) is 3.68. The van der Waals surface area contributed by atoms with Crippen molar-refractivity contribution in [1.29, 1.82) is 0 Å². The van der Waals surface area contributed by atoms with Crippen molar-refractivity contribution < 1.29 is 14.7 Å². The Kier molecular flexibility index (Phi) is 4.92. The molecule has 0 atom stereocenters. The zero-order chi connectivity index (χ0) is 18.0. The number of aromatic carboxylic acids is 1. The molecule has 0 spiro atoms. The molecular formula is C18H13BClNO3S. The molecule has 0 bridgehead atoms. The zero-order valence-electron chi connectivity index (χ0n) is 13.2. The number of amides is 1. The fourth-order valence-electron chi connectivity index (χ4n) is 2.41. The number of anilines is 1. The van der Waals surface area contributed by atoms with E-state index in [1.807, 2.05) is 32.1 Å². The van der Waals surface area contributed by atoms with Crippen molar-refractivity contribution in [1.82, 2.24) is 0 Å².